The van der Waals surface area contributed by atoms with Gasteiger partial charge in [-0.2, -0.15) is 0 Å². The number of nitrogens with one attached hydrogen (secondary N) is 1. The van der Waals surface area contributed by atoms with E-state index < -0.39 is 5.82 Å². The summed E-state index contributed by atoms with van der Waals surface area (Å²) in [5, 5.41) is 10.9. The maximum absolute atomic E-state index is 13.9. The molecule has 0 radical (unpaired) electrons. The van der Waals surface area contributed by atoms with Gasteiger partial charge >= 0.3 is 0 Å². The number of hydrogen-bond donors (Lipinski definition) is 1. The molecule has 32 heavy (non-hydrogen) atoms. The van der Waals surface area contributed by atoms with Crippen LogP contribution in [0.25, 0.3) is 11.5 Å². The van der Waals surface area contributed by atoms with Crippen LogP contribution < -0.4 is 10.2 Å². The molecule has 1 N–H and O–H groups in total. The topological polar surface area (TPSA) is 74.5 Å². The summed E-state index contributed by atoms with van der Waals surface area (Å²) in [5.41, 5.74) is 1.96. The highest BCUT2D eigenvalue weighted by Gasteiger charge is 2.20. The van der Waals surface area contributed by atoms with Crippen molar-refractivity contribution in [3.63, 3.8) is 0 Å². The second-order valence-electron chi connectivity index (χ2n) is 7.17. The lowest BCUT2D eigenvalue weighted by Gasteiger charge is -2.36. The normalized spacial score (nSPS) is 14.2. The highest BCUT2D eigenvalue weighted by atomic mass is 32.2. The van der Waals surface area contributed by atoms with Crippen molar-refractivity contribution in [3.05, 3.63) is 54.3 Å². The van der Waals surface area contributed by atoms with Gasteiger partial charge in [-0.25, -0.2) is 4.39 Å². The molecule has 2 heterocycles. The van der Waals surface area contributed by atoms with Gasteiger partial charge in [0.05, 0.1) is 29.2 Å². The Labute approximate surface area is 190 Å². The first-order valence-electron chi connectivity index (χ1n) is 10.1. The maximum Gasteiger partial charge on any atom is 0.277 e. The number of para-hydroxylation sites is 2. The summed E-state index contributed by atoms with van der Waals surface area (Å²) < 4.78 is 19.4. The fourth-order valence-corrected chi connectivity index (χ4v) is 4.02. The van der Waals surface area contributed by atoms with Crippen LogP contribution in [0.15, 0.2) is 58.2 Å². The Bertz CT molecular complexity index is 1120. The molecule has 2 aromatic carbocycles. The molecule has 1 aromatic heterocycles. The van der Waals surface area contributed by atoms with E-state index in [4.69, 9.17) is 10.8 Å². The van der Waals surface area contributed by atoms with Crippen LogP contribution in [0.3, 0.4) is 0 Å². The lowest BCUT2D eigenvalue weighted by molar-refractivity contribution is -0.113. The molecule has 7 nitrogen and oxygen atoms in total. The number of hydrogen-bond acceptors (Lipinski definition) is 7. The van der Waals surface area contributed by atoms with Crippen LogP contribution in [0, 0.1) is 18.2 Å². The summed E-state index contributed by atoms with van der Waals surface area (Å²) in [4.78, 5) is 17.0. The van der Waals surface area contributed by atoms with Crippen LogP contribution >= 0.6 is 11.8 Å². The summed E-state index contributed by atoms with van der Waals surface area (Å²) in [5.74, 6) is 2.22. The molecule has 1 aliphatic heterocycles. The van der Waals surface area contributed by atoms with Gasteiger partial charge in [0, 0.05) is 26.2 Å². The monoisotopic (exact) mass is 451 g/mol. The number of carbonyl (C=O) groups excluding carboxylic acids is 1. The molecule has 1 fully saturated rings. The average molecular weight is 452 g/mol. The van der Waals surface area contributed by atoms with Gasteiger partial charge in [-0.15, -0.1) is 16.6 Å². The van der Waals surface area contributed by atoms with Crippen LogP contribution in [-0.2, 0) is 4.79 Å². The fraction of sp³-hybridized carbons (Fsp3) is 0.261. The number of terminal acetylenes is 1. The Hall–Kier alpha value is -3.35. The largest absolute Gasteiger partial charge is 0.411 e. The first-order valence-corrected chi connectivity index (χ1v) is 11.1. The summed E-state index contributed by atoms with van der Waals surface area (Å²) in [6.45, 7) is 4.08. The van der Waals surface area contributed by atoms with Gasteiger partial charge in [-0.3, -0.25) is 9.69 Å². The molecule has 1 saturated heterocycles. The standard InChI is InChI=1S/C23H22FN5O2S/c1-2-11-28-12-14-29(15-13-28)20-10-6-5-9-19(20)25-21(30)16-32-23-27-26-22(31-23)17-7-3-4-8-18(17)24/h1,3-10H,11-16H2,(H,25,30). The lowest BCUT2D eigenvalue weighted by atomic mass is 10.2. The Morgan fingerprint density at radius 2 is 1.88 bits per heavy atom. The number of rotatable bonds is 7. The number of piperazine rings is 1. The van der Waals surface area contributed by atoms with Crippen LogP contribution in [-0.4, -0.2) is 59.5 Å². The van der Waals surface area contributed by atoms with Crippen molar-refractivity contribution in [2.45, 2.75) is 5.22 Å². The van der Waals surface area contributed by atoms with Gasteiger partial charge in [0.1, 0.15) is 5.82 Å². The molecule has 164 valence electrons. The zero-order chi connectivity index (χ0) is 22.3. The molecular formula is C23H22FN5O2S. The first kappa shape index (κ1) is 21.9. The van der Waals surface area contributed by atoms with E-state index in [1.807, 2.05) is 24.3 Å². The van der Waals surface area contributed by atoms with Crippen LogP contribution in [0.4, 0.5) is 15.8 Å². The van der Waals surface area contributed by atoms with Crippen molar-refractivity contribution in [3.8, 4) is 23.8 Å². The maximum atomic E-state index is 13.9. The average Bonchev–Trinajstić information content (AvgIpc) is 3.28. The molecule has 0 spiro atoms. The highest BCUT2D eigenvalue weighted by Crippen LogP contribution is 2.28. The SMILES string of the molecule is C#CCN1CCN(c2ccccc2NC(=O)CSc2nnc(-c3ccccc3F)o2)CC1. The molecule has 9 heteroatoms. The Morgan fingerprint density at radius 3 is 2.66 bits per heavy atom. The number of halogens is 1. The van der Waals surface area contributed by atoms with E-state index in [-0.39, 0.29) is 28.3 Å². The van der Waals surface area contributed by atoms with Crippen molar-refractivity contribution in [2.24, 2.45) is 0 Å². The van der Waals surface area contributed by atoms with E-state index in [9.17, 15) is 9.18 Å². The third-order valence-electron chi connectivity index (χ3n) is 5.04. The molecule has 0 aliphatic carbocycles. The van der Waals surface area contributed by atoms with E-state index in [1.54, 1.807) is 18.2 Å². The summed E-state index contributed by atoms with van der Waals surface area (Å²) in [6, 6.07) is 13.9. The second kappa shape index (κ2) is 10.3. The summed E-state index contributed by atoms with van der Waals surface area (Å²) in [6.07, 6.45) is 5.41. The Kier molecular flexibility index (Phi) is 7.04. The van der Waals surface area contributed by atoms with Gasteiger partial charge in [0.15, 0.2) is 0 Å². The molecule has 1 amide bonds. The van der Waals surface area contributed by atoms with E-state index in [2.05, 4.69) is 31.2 Å². The number of amides is 1. The minimum Gasteiger partial charge on any atom is -0.411 e. The van der Waals surface area contributed by atoms with Crippen LogP contribution in [0.2, 0.25) is 0 Å². The summed E-state index contributed by atoms with van der Waals surface area (Å²) in [7, 11) is 0. The minimum absolute atomic E-state index is 0.0836. The van der Waals surface area contributed by atoms with Gasteiger partial charge in [-0.05, 0) is 24.3 Å². The van der Waals surface area contributed by atoms with Crippen molar-refractivity contribution >= 4 is 29.0 Å². The van der Waals surface area contributed by atoms with E-state index in [1.165, 1.54) is 6.07 Å². The Morgan fingerprint density at radius 1 is 1.12 bits per heavy atom. The van der Waals surface area contributed by atoms with Gasteiger partial charge < -0.3 is 14.6 Å². The quantitative estimate of drug-likeness (QED) is 0.436. The predicted molar refractivity (Wildman–Crippen MR) is 123 cm³/mol. The van der Waals surface area contributed by atoms with Crippen molar-refractivity contribution in [2.75, 3.05) is 48.7 Å². The Balaban J connectivity index is 1.35. The summed E-state index contributed by atoms with van der Waals surface area (Å²) >= 11 is 1.10. The third-order valence-corrected chi connectivity index (χ3v) is 5.86. The number of thioether (sulfide) groups is 1. The van der Waals surface area contributed by atoms with E-state index in [0.717, 1.165) is 49.3 Å². The molecule has 3 aromatic rings. The lowest BCUT2D eigenvalue weighted by Crippen LogP contribution is -2.46. The molecule has 0 atom stereocenters. The smallest absolute Gasteiger partial charge is 0.277 e. The predicted octanol–water partition coefficient (Wildman–Crippen LogP) is 3.36. The van der Waals surface area contributed by atoms with Crippen molar-refractivity contribution < 1.29 is 13.6 Å². The molecule has 0 bridgehead atoms. The fourth-order valence-electron chi connectivity index (χ4n) is 3.46. The number of anilines is 2. The molecular weight excluding hydrogens is 429 g/mol. The second-order valence-corrected chi connectivity index (χ2v) is 8.10. The van der Waals surface area contributed by atoms with E-state index in [0.29, 0.717) is 6.54 Å². The zero-order valence-electron chi connectivity index (χ0n) is 17.3. The van der Waals surface area contributed by atoms with Crippen LogP contribution in [0.5, 0.6) is 0 Å². The third kappa shape index (κ3) is 5.28. The molecule has 4 rings (SSSR count). The van der Waals surface area contributed by atoms with Gasteiger partial charge in [0.25, 0.3) is 11.1 Å². The van der Waals surface area contributed by atoms with Crippen molar-refractivity contribution in [1.82, 2.24) is 15.1 Å². The molecule has 1 aliphatic rings. The van der Waals surface area contributed by atoms with Crippen LogP contribution in [0.1, 0.15) is 0 Å². The van der Waals surface area contributed by atoms with Gasteiger partial charge in [-0.1, -0.05) is 41.9 Å². The molecule has 0 unspecified atom stereocenters. The minimum atomic E-state index is -0.442. The number of benzene rings is 2. The van der Waals surface area contributed by atoms with E-state index >= 15 is 0 Å². The number of aromatic nitrogens is 2. The molecule has 0 saturated carbocycles. The number of carbonyl (C=O) groups is 1. The van der Waals surface area contributed by atoms with Gasteiger partial charge in [0.2, 0.25) is 5.91 Å². The first-order chi connectivity index (χ1) is 15.6. The van der Waals surface area contributed by atoms with Crippen molar-refractivity contribution in [1.29, 1.82) is 0 Å². The number of nitrogens with zero attached hydrogens (tertiary/aromatic N) is 4. The highest BCUT2D eigenvalue weighted by molar-refractivity contribution is 7.99. The zero-order valence-corrected chi connectivity index (χ0v) is 18.1.